The van der Waals surface area contributed by atoms with E-state index in [4.69, 9.17) is 0 Å². The molecular formula is C30H47N3. The highest BCUT2D eigenvalue weighted by Crippen LogP contribution is 2.18. The maximum Gasteiger partial charge on any atom is 0.128 e. The van der Waals surface area contributed by atoms with E-state index in [0.29, 0.717) is 0 Å². The molecule has 1 aromatic carbocycles. The number of hydrogen-bond donors (Lipinski definition) is 0. The van der Waals surface area contributed by atoms with Gasteiger partial charge in [0, 0.05) is 31.2 Å². The number of aryl methyl sites for hydroxylation is 2. The first-order valence-corrected chi connectivity index (χ1v) is 12.7. The maximum atomic E-state index is 4.48. The first-order valence-electron chi connectivity index (χ1n) is 12.7. The molecule has 0 amide bonds. The van der Waals surface area contributed by atoms with Gasteiger partial charge < -0.3 is 4.90 Å². The zero-order valence-electron chi connectivity index (χ0n) is 22.4. The van der Waals surface area contributed by atoms with Crippen LogP contribution in [0.1, 0.15) is 78.5 Å². The minimum absolute atomic E-state index is 1.11. The van der Waals surface area contributed by atoms with Crippen LogP contribution in [0.2, 0.25) is 0 Å². The summed E-state index contributed by atoms with van der Waals surface area (Å²) in [4.78, 5) is 10.9. The molecule has 33 heavy (non-hydrogen) atoms. The van der Waals surface area contributed by atoms with E-state index in [1.165, 1.54) is 55.5 Å². The van der Waals surface area contributed by atoms with Gasteiger partial charge in [-0.15, -0.1) is 0 Å². The minimum atomic E-state index is 1.11. The van der Waals surface area contributed by atoms with Gasteiger partial charge in [0.15, 0.2) is 0 Å². The third-order valence-corrected chi connectivity index (χ3v) is 4.35. The third-order valence-electron chi connectivity index (χ3n) is 4.35. The summed E-state index contributed by atoms with van der Waals surface area (Å²) in [5.74, 6) is 1.15. The van der Waals surface area contributed by atoms with Gasteiger partial charge in [-0.3, -0.25) is 4.98 Å². The van der Waals surface area contributed by atoms with Crippen LogP contribution >= 0.6 is 0 Å². The summed E-state index contributed by atoms with van der Waals surface area (Å²) in [6.07, 6.45) is 8.80. The van der Waals surface area contributed by atoms with Crippen LogP contribution in [0.4, 0.5) is 5.82 Å². The van der Waals surface area contributed by atoms with E-state index in [9.17, 15) is 0 Å². The van der Waals surface area contributed by atoms with Gasteiger partial charge in [0.1, 0.15) is 5.82 Å². The molecule has 1 fully saturated rings. The SMILES string of the molecule is CC.CCC.CCC.Cc1ccc(-c2cccnc2)cc1.Cc1cccc(N2CCCC2)n1. The second-order valence-corrected chi connectivity index (χ2v) is 7.85. The maximum absolute atomic E-state index is 4.48. The molecule has 1 aliphatic heterocycles. The van der Waals surface area contributed by atoms with Crippen molar-refractivity contribution in [3.63, 3.8) is 0 Å². The third kappa shape index (κ3) is 13.5. The predicted molar refractivity (Wildman–Crippen MR) is 148 cm³/mol. The highest BCUT2D eigenvalue weighted by atomic mass is 15.2. The summed E-state index contributed by atoms with van der Waals surface area (Å²) in [6.45, 7) is 19.0. The fourth-order valence-corrected chi connectivity index (χ4v) is 2.93. The van der Waals surface area contributed by atoms with Crippen molar-refractivity contribution in [1.29, 1.82) is 0 Å². The molecule has 1 saturated heterocycles. The molecule has 3 heterocycles. The largest absolute Gasteiger partial charge is 0.357 e. The molecule has 0 radical (unpaired) electrons. The molecule has 0 N–H and O–H groups in total. The fourth-order valence-electron chi connectivity index (χ4n) is 2.93. The van der Waals surface area contributed by atoms with Crippen molar-refractivity contribution in [1.82, 2.24) is 9.97 Å². The van der Waals surface area contributed by atoms with Crippen LogP contribution in [0, 0.1) is 13.8 Å². The Labute approximate surface area is 204 Å². The van der Waals surface area contributed by atoms with E-state index in [-0.39, 0.29) is 0 Å². The van der Waals surface area contributed by atoms with E-state index >= 15 is 0 Å². The zero-order valence-corrected chi connectivity index (χ0v) is 22.4. The van der Waals surface area contributed by atoms with Crippen LogP contribution in [-0.4, -0.2) is 23.1 Å². The zero-order chi connectivity index (χ0) is 24.9. The molecule has 0 bridgehead atoms. The minimum Gasteiger partial charge on any atom is -0.357 e. The Morgan fingerprint density at radius 3 is 1.79 bits per heavy atom. The van der Waals surface area contributed by atoms with Crippen LogP contribution in [0.5, 0.6) is 0 Å². The van der Waals surface area contributed by atoms with Gasteiger partial charge in [-0.05, 0) is 56.0 Å². The summed E-state index contributed by atoms with van der Waals surface area (Å²) >= 11 is 0. The quantitative estimate of drug-likeness (QED) is 0.391. The normalized spacial score (nSPS) is 11.3. The van der Waals surface area contributed by atoms with Gasteiger partial charge in [-0.1, -0.05) is 96.3 Å². The standard InChI is InChI=1S/C12H11N.C10H14N2.2C3H8.C2H6/c1-10-4-6-11(7-5-10)12-3-2-8-13-9-12;1-9-5-4-6-10(11-9)12-7-2-3-8-12;2*1-3-2;1-2/h2-9H,1H3;4-6H,2-3,7-8H2,1H3;2*3H2,1-2H3;1-2H3. The van der Waals surface area contributed by atoms with E-state index in [2.05, 4.69) is 92.0 Å². The summed E-state index contributed by atoms with van der Waals surface area (Å²) < 4.78 is 0. The molecule has 0 spiro atoms. The number of anilines is 1. The average Bonchev–Trinajstić information content (AvgIpc) is 3.38. The smallest absolute Gasteiger partial charge is 0.128 e. The number of pyridine rings is 2. The van der Waals surface area contributed by atoms with Gasteiger partial charge in [0.2, 0.25) is 0 Å². The number of rotatable bonds is 2. The molecule has 2 aromatic heterocycles. The number of aromatic nitrogens is 2. The highest BCUT2D eigenvalue weighted by Gasteiger charge is 2.12. The number of benzene rings is 1. The lowest BCUT2D eigenvalue weighted by Gasteiger charge is -2.15. The molecular weight excluding hydrogens is 402 g/mol. The van der Waals surface area contributed by atoms with Gasteiger partial charge >= 0.3 is 0 Å². The number of hydrogen-bond acceptors (Lipinski definition) is 3. The van der Waals surface area contributed by atoms with E-state index in [1.54, 1.807) is 6.20 Å². The Morgan fingerprint density at radius 1 is 0.727 bits per heavy atom. The molecule has 1 aliphatic rings. The lowest BCUT2D eigenvalue weighted by Crippen LogP contribution is -2.18. The van der Waals surface area contributed by atoms with Gasteiger partial charge in [-0.25, -0.2) is 4.98 Å². The van der Waals surface area contributed by atoms with Crippen molar-refractivity contribution in [2.75, 3.05) is 18.0 Å². The monoisotopic (exact) mass is 449 g/mol. The molecule has 4 rings (SSSR count). The lowest BCUT2D eigenvalue weighted by atomic mass is 10.1. The van der Waals surface area contributed by atoms with Crippen LogP contribution < -0.4 is 4.90 Å². The van der Waals surface area contributed by atoms with E-state index < -0.39 is 0 Å². The molecule has 182 valence electrons. The predicted octanol–water partition coefficient (Wildman–Crippen LogP) is 8.91. The lowest BCUT2D eigenvalue weighted by molar-refractivity contribution is 0.929. The summed E-state index contributed by atoms with van der Waals surface area (Å²) in [6, 6.07) is 18.7. The first kappa shape index (κ1) is 30.3. The highest BCUT2D eigenvalue weighted by molar-refractivity contribution is 5.62. The molecule has 0 unspecified atom stereocenters. The Balaban J connectivity index is 0.000000475. The van der Waals surface area contributed by atoms with Gasteiger partial charge in [-0.2, -0.15) is 0 Å². The Morgan fingerprint density at radius 2 is 1.30 bits per heavy atom. The van der Waals surface area contributed by atoms with Crippen LogP contribution in [0.25, 0.3) is 11.1 Å². The van der Waals surface area contributed by atoms with Gasteiger partial charge in [0.05, 0.1) is 0 Å². The Hall–Kier alpha value is -2.68. The van der Waals surface area contributed by atoms with E-state index in [1.807, 2.05) is 39.1 Å². The second-order valence-electron chi connectivity index (χ2n) is 7.85. The summed E-state index contributed by atoms with van der Waals surface area (Å²) in [7, 11) is 0. The topological polar surface area (TPSA) is 29.0 Å². The molecule has 0 aliphatic carbocycles. The molecule has 0 saturated carbocycles. The average molecular weight is 450 g/mol. The van der Waals surface area contributed by atoms with Crippen LogP contribution in [-0.2, 0) is 0 Å². The fraction of sp³-hybridized carbons (Fsp3) is 0.467. The molecule has 3 aromatic rings. The van der Waals surface area contributed by atoms with Crippen LogP contribution in [0.3, 0.4) is 0 Å². The Bertz CT molecular complexity index is 805. The first-order chi connectivity index (χ1) is 16.0. The van der Waals surface area contributed by atoms with Crippen molar-refractivity contribution in [2.45, 2.75) is 81.1 Å². The number of nitrogens with zero attached hydrogens (tertiary/aromatic N) is 3. The van der Waals surface area contributed by atoms with Crippen molar-refractivity contribution < 1.29 is 0 Å². The summed E-state index contributed by atoms with van der Waals surface area (Å²) in [5.41, 5.74) is 4.79. The van der Waals surface area contributed by atoms with Crippen molar-refractivity contribution in [2.24, 2.45) is 0 Å². The van der Waals surface area contributed by atoms with Crippen LogP contribution in [0.15, 0.2) is 67.0 Å². The molecule has 3 heteroatoms. The summed E-state index contributed by atoms with van der Waals surface area (Å²) in [5, 5.41) is 0. The van der Waals surface area contributed by atoms with Gasteiger partial charge in [0.25, 0.3) is 0 Å². The van der Waals surface area contributed by atoms with Crippen molar-refractivity contribution in [3.05, 3.63) is 78.2 Å². The second kappa shape index (κ2) is 20.0. The van der Waals surface area contributed by atoms with Crippen molar-refractivity contribution in [3.8, 4) is 11.1 Å². The van der Waals surface area contributed by atoms with E-state index in [0.717, 1.165) is 11.5 Å². The Kier molecular flexibility index (Phi) is 18.3. The van der Waals surface area contributed by atoms with Crippen molar-refractivity contribution >= 4 is 5.82 Å². The molecule has 3 nitrogen and oxygen atoms in total. The molecule has 0 atom stereocenters.